The zero-order chi connectivity index (χ0) is 12.3. The van der Waals surface area contributed by atoms with Gasteiger partial charge in [-0.05, 0) is 31.5 Å². The highest BCUT2D eigenvalue weighted by Crippen LogP contribution is 2.14. The van der Waals surface area contributed by atoms with Crippen LogP contribution in [0.2, 0.25) is 0 Å². The second-order valence-electron chi connectivity index (χ2n) is 4.97. The smallest absolute Gasteiger partial charge is 0.0856 e. The summed E-state index contributed by atoms with van der Waals surface area (Å²) in [5, 5.41) is 0. The molecule has 2 N–H and O–H groups in total. The molecule has 0 bridgehead atoms. The van der Waals surface area contributed by atoms with E-state index in [2.05, 4.69) is 43.1 Å². The quantitative estimate of drug-likeness (QED) is 0.854. The zero-order valence-corrected chi connectivity index (χ0v) is 10.7. The average Bonchev–Trinajstić information content (AvgIpc) is 2.32. The van der Waals surface area contributed by atoms with E-state index < -0.39 is 0 Å². The number of nitrogens with two attached hydrogens (primary N) is 1. The van der Waals surface area contributed by atoms with Crippen molar-refractivity contribution in [2.75, 3.05) is 26.7 Å². The third-order valence-corrected chi connectivity index (χ3v) is 3.49. The van der Waals surface area contributed by atoms with E-state index in [9.17, 15) is 0 Å². The lowest BCUT2D eigenvalue weighted by atomic mass is 9.98. The molecule has 1 aliphatic rings. The van der Waals surface area contributed by atoms with E-state index in [4.69, 9.17) is 10.5 Å². The Morgan fingerprint density at radius 3 is 2.94 bits per heavy atom. The minimum absolute atomic E-state index is 0.0823. The van der Waals surface area contributed by atoms with Gasteiger partial charge in [0, 0.05) is 19.1 Å². The maximum atomic E-state index is 6.26. The molecular formula is C14H22N2O. The van der Waals surface area contributed by atoms with Gasteiger partial charge in [0.05, 0.1) is 12.7 Å². The molecule has 1 aromatic rings. The summed E-state index contributed by atoms with van der Waals surface area (Å²) in [6, 6.07) is 8.51. The fourth-order valence-electron chi connectivity index (χ4n) is 2.29. The molecule has 2 atom stereocenters. The van der Waals surface area contributed by atoms with E-state index in [-0.39, 0.29) is 12.1 Å². The van der Waals surface area contributed by atoms with Crippen LogP contribution in [-0.4, -0.2) is 43.8 Å². The predicted octanol–water partition coefficient (Wildman–Crippen LogP) is 1.20. The molecule has 1 fully saturated rings. The molecule has 0 saturated carbocycles. The van der Waals surface area contributed by atoms with Crippen LogP contribution in [0.15, 0.2) is 24.3 Å². The number of aryl methyl sites for hydroxylation is 1. The second kappa shape index (κ2) is 5.63. The van der Waals surface area contributed by atoms with Gasteiger partial charge >= 0.3 is 0 Å². The molecular weight excluding hydrogens is 212 g/mol. The molecule has 0 spiro atoms. The minimum atomic E-state index is 0.0823. The summed E-state index contributed by atoms with van der Waals surface area (Å²) in [6.45, 7) is 4.87. The molecule has 1 heterocycles. The van der Waals surface area contributed by atoms with Gasteiger partial charge in [0.15, 0.2) is 0 Å². The van der Waals surface area contributed by atoms with E-state index in [0.29, 0.717) is 0 Å². The van der Waals surface area contributed by atoms with Gasteiger partial charge in [-0.15, -0.1) is 0 Å². The first kappa shape index (κ1) is 12.6. The monoisotopic (exact) mass is 234 g/mol. The number of likely N-dealkylation sites (N-methyl/N-ethyl adjacent to an activating group) is 1. The van der Waals surface area contributed by atoms with Gasteiger partial charge in [0.1, 0.15) is 0 Å². The minimum Gasteiger partial charge on any atom is -0.374 e. The Hall–Kier alpha value is -0.900. The fourth-order valence-corrected chi connectivity index (χ4v) is 2.29. The molecule has 0 radical (unpaired) electrons. The molecule has 0 amide bonds. The maximum Gasteiger partial charge on any atom is 0.0856 e. The fraction of sp³-hybridized carbons (Fsp3) is 0.571. The lowest BCUT2D eigenvalue weighted by molar-refractivity contribution is -0.0319. The number of benzene rings is 1. The highest BCUT2D eigenvalue weighted by Gasteiger charge is 2.24. The van der Waals surface area contributed by atoms with Crippen molar-refractivity contribution in [1.29, 1.82) is 0 Å². The molecule has 1 aromatic carbocycles. The van der Waals surface area contributed by atoms with Crippen LogP contribution in [0.4, 0.5) is 0 Å². The first-order valence-corrected chi connectivity index (χ1v) is 6.27. The third-order valence-electron chi connectivity index (χ3n) is 3.49. The van der Waals surface area contributed by atoms with Crippen LogP contribution in [0.1, 0.15) is 11.1 Å². The Labute approximate surface area is 104 Å². The highest BCUT2D eigenvalue weighted by molar-refractivity contribution is 5.26. The van der Waals surface area contributed by atoms with Crippen molar-refractivity contribution in [1.82, 2.24) is 4.90 Å². The Morgan fingerprint density at radius 1 is 1.47 bits per heavy atom. The standard InChI is InChI=1S/C14H22N2O/c1-11-5-3-4-6-12(11)9-13(15)14-10-16(2)7-8-17-14/h3-6,13-14H,7-10,15H2,1-2H3. The van der Waals surface area contributed by atoms with Gasteiger partial charge in [0.2, 0.25) is 0 Å². The lowest BCUT2D eigenvalue weighted by Crippen LogP contribution is -2.50. The van der Waals surface area contributed by atoms with Crippen molar-refractivity contribution in [3.05, 3.63) is 35.4 Å². The summed E-state index contributed by atoms with van der Waals surface area (Å²) in [4.78, 5) is 2.28. The summed E-state index contributed by atoms with van der Waals surface area (Å²) in [6.07, 6.45) is 1.05. The van der Waals surface area contributed by atoms with Gasteiger partial charge in [0.25, 0.3) is 0 Å². The lowest BCUT2D eigenvalue weighted by Gasteiger charge is -2.33. The van der Waals surface area contributed by atoms with Gasteiger partial charge in [-0.25, -0.2) is 0 Å². The molecule has 17 heavy (non-hydrogen) atoms. The molecule has 2 unspecified atom stereocenters. The van der Waals surface area contributed by atoms with Crippen LogP contribution in [0, 0.1) is 6.92 Å². The van der Waals surface area contributed by atoms with E-state index >= 15 is 0 Å². The normalized spacial score (nSPS) is 23.6. The van der Waals surface area contributed by atoms with Gasteiger partial charge in [-0.1, -0.05) is 24.3 Å². The van der Waals surface area contributed by atoms with Crippen molar-refractivity contribution in [2.24, 2.45) is 5.73 Å². The molecule has 2 rings (SSSR count). The van der Waals surface area contributed by atoms with Crippen molar-refractivity contribution in [3.63, 3.8) is 0 Å². The molecule has 3 heteroatoms. The molecule has 1 aliphatic heterocycles. The van der Waals surface area contributed by atoms with Crippen LogP contribution >= 0.6 is 0 Å². The van der Waals surface area contributed by atoms with E-state index in [1.165, 1.54) is 11.1 Å². The SMILES string of the molecule is Cc1ccccc1CC(N)C1CN(C)CCO1. The molecule has 3 nitrogen and oxygen atoms in total. The first-order chi connectivity index (χ1) is 8.16. The maximum absolute atomic E-state index is 6.26. The van der Waals surface area contributed by atoms with Crippen molar-refractivity contribution in [3.8, 4) is 0 Å². The highest BCUT2D eigenvalue weighted by atomic mass is 16.5. The number of nitrogens with zero attached hydrogens (tertiary/aromatic N) is 1. The Bertz CT molecular complexity index is 367. The van der Waals surface area contributed by atoms with E-state index in [1.807, 2.05) is 0 Å². The van der Waals surface area contributed by atoms with Crippen molar-refractivity contribution >= 4 is 0 Å². The Kier molecular flexibility index (Phi) is 4.15. The van der Waals surface area contributed by atoms with Gasteiger partial charge in [-0.3, -0.25) is 0 Å². The Morgan fingerprint density at radius 2 is 2.24 bits per heavy atom. The summed E-state index contributed by atoms with van der Waals surface area (Å²) in [7, 11) is 2.12. The second-order valence-corrected chi connectivity index (χ2v) is 4.97. The predicted molar refractivity (Wildman–Crippen MR) is 70.1 cm³/mol. The number of hydrogen-bond acceptors (Lipinski definition) is 3. The summed E-state index contributed by atoms with van der Waals surface area (Å²) < 4.78 is 5.76. The average molecular weight is 234 g/mol. The van der Waals surface area contributed by atoms with Crippen LogP contribution in [0.5, 0.6) is 0 Å². The summed E-state index contributed by atoms with van der Waals surface area (Å²) in [5.74, 6) is 0. The number of morpholine rings is 1. The van der Waals surface area contributed by atoms with Crippen LogP contribution in [0.3, 0.4) is 0 Å². The van der Waals surface area contributed by atoms with Gasteiger partial charge < -0.3 is 15.4 Å². The molecule has 1 saturated heterocycles. The van der Waals surface area contributed by atoms with E-state index in [0.717, 1.165) is 26.1 Å². The topological polar surface area (TPSA) is 38.5 Å². The molecule has 0 aliphatic carbocycles. The molecule has 0 aromatic heterocycles. The largest absolute Gasteiger partial charge is 0.374 e. The van der Waals surface area contributed by atoms with Crippen molar-refractivity contribution in [2.45, 2.75) is 25.5 Å². The summed E-state index contributed by atoms with van der Waals surface area (Å²) in [5.41, 5.74) is 8.90. The summed E-state index contributed by atoms with van der Waals surface area (Å²) >= 11 is 0. The van der Waals surface area contributed by atoms with Crippen LogP contribution in [0.25, 0.3) is 0 Å². The Balaban J connectivity index is 1.96. The van der Waals surface area contributed by atoms with E-state index in [1.54, 1.807) is 0 Å². The molecule has 94 valence electrons. The number of rotatable bonds is 3. The third kappa shape index (κ3) is 3.28. The first-order valence-electron chi connectivity index (χ1n) is 6.27. The number of hydrogen-bond donors (Lipinski definition) is 1. The van der Waals surface area contributed by atoms with Crippen LogP contribution < -0.4 is 5.73 Å². The van der Waals surface area contributed by atoms with Crippen LogP contribution in [-0.2, 0) is 11.2 Å². The zero-order valence-electron chi connectivity index (χ0n) is 10.7. The van der Waals surface area contributed by atoms with Crippen molar-refractivity contribution < 1.29 is 4.74 Å². The van der Waals surface area contributed by atoms with Gasteiger partial charge in [-0.2, -0.15) is 0 Å². The number of ether oxygens (including phenoxy) is 1.